The second-order valence-corrected chi connectivity index (χ2v) is 8.56. The molecule has 10 heteroatoms. The number of hydrogen-bond donors (Lipinski definition) is 3. The number of likely N-dealkylation sites (tertiary alicyclic amines) is 1. The number of unbranched alkanes of at least 4 members (excludes halogenated alkanes) is 1. The predicted octanol–water partition coefficient (Wildman–Crippen LogP) is 3.57. The summed E-state index contributed by atoms with van der Waals surface area (Å²) in [5, 5.41) is 34.0. The van der Waals surface area contributed by atoms with Gasteiger partial charge in [0.15, 0.2) is 6.61 Å². The molecular weight excluding hydrogens is 464 g/mol. The molecule has 1 aliphatic heterocycles. The van der Waals surface area contributed by atoms with Gasteiger partial charge in [-0.2, -0.15) is 0 Å². The summed E-state index contributed by atoms with van der Waals surface area (Å²) in [4.78, 5) is 31.8. The zero-order chi connectivity index (χ0) is 25.1. The maximum Gasteiger partial charge on any atom is 0.342 e. The number of nitrogens with zero attached hydrogens (tertiary/aromatic N) is 2. The zero-order valence-electron chi connectivity index (χ0n) is 19.6. The monoisotopic (exact) mass is 496 g/mol. The summed E-state index contributed by atoms with van der Waals surface area (Å²) in [6, 6.07) is 0.945. The smallest absolute Gasteiger partial charge is 0.342 e. The first-order valence-corrected chi connectivity index (χ1v) is 11.8. The second kappa shape index (κ2) is 13.8. The molecule has 2 rings (SSSR count). The molecule has 0 aromatic heterocycles. The quantitative estimate of drug-likeness (QED) is 0.185. The van der Waals surface area contributed by atoms with Gasteiger partial charge in [-0.1, -0.05) is 42.3 Å². The average Bonchev–Trinajstić information content (AvgIpc) is 2.81. The molecule has 0 radical (unpaired) electrons. The van der Waals surface area contributed by atoms with Crippen LogP contribution in [0.1, 0.15) is 61.9 Å². The van der Waals surface area contributed by atoms with Gasteiger partial charge < -0.3 is 29.8 Å². The number of amides is 1. The van der Waals surface area contributed by atoms with Gasteiger partial charge in [0, 0.05) is 25.6 Å². The highest BCUT2D eigenvalue weighted by molar-refractivity contribution is 6.33. The summed E-state index contributed by atoms with van der Waals surface area (Å²) < 4.78 is 5.14. The van der Waals surface area contributed by atoms with Gasteiger partial charge in [-0.3, -0.25) is 4.79 Å². The first-order chi connectivity index (χ1) is 16.2. The number of piperidine rings is 1. The number of phenols is 2. The van der Waals surface area contributed by atoms with Crippen molar-refractivity contribution in [2.24, 2.45) is 5.16 Å². The summed E-state index contributed by atoms with van der Waals surface area (Å²) in [6.45, 7) is 4.48. The summed E-state index contributed by atoms with van der Waals surface area (Å²) in [6.07, 6.45) is 7.02. The fourth-order valence-electron chi connectivity index (χ4n) is 3.51. The van der Waals surface area contributed by atoms with Gasteiger partial charge in [-0.15, -0.1) is 0 Å². The number of phenolic OH excluding ortho intramolecular Hbond substituents is 2. The topological polar surface area (TPSA) is 129 Å². The molecule has 1 aromatic carbocycles. The van der Waals surface area contributed by atoms with Crippen LogP contribution in [0.5, 0.6) is 11.5 Å². The lowest BCUT2D eigenvalue weighted by Crippen LogP contribution is -2.37. The number of benzene rings is 1. The van der Waals surface area contributed by atoms with Crippen molar-refractivity contribution in [2.75, 3.05) is 26.3 Å². The second-order valence-electron chi connectivity index (χ2n) is 8.18. The molecule has 1 saturated heterocycles. The van der Waals surface area contributed by atoms with Crippen molar-refractivity contribution >= 4 is 29.2 Å². The zero-order valence-corrected chi connectivity index (χ0v) is 20.4. The van der Waals surface area contributed by atoms with Crippen molar-refractivity contribution in [3.63, 3.8) is 0 Å². The Balaban J connectivity index is 2.07. The Hall–Kier alpha value is -2.78. The molecule has 1 heterocycles. The van der Waals surface area contributed by atoms with Gasteiger partial charge in [0.1, 0.15) is 29.8 Å². The molecule has 0 aliphatic carbocycles. The normalized spacial score (nSPS) is 15.4. The van der Waals surface area contributed by atoms with Crippen LogP contribution >= 0.6 is 11.6 Å². The molecule has 34 heavy (non-hydrogen) atoms. The van der Waals surface area contributed by atoms with E-state index in [0.717, 1.165) is 38.2 Å². The molecule has 1 atom stereocenters. The predicted molar refractivity (Wildman–Crippen MR) is 128 cm³/mol. The molecule has 1 fully saturated rings. The third kappa shape index (κ3) is 8.22. The third-order valence-electron chi connectivity index (χ3n) is 5.27. The number of oxime groups is 1. The van der Waals surface area contributed by atoms with Crippen LogP contribution < -0.4 is 0 Å². The molecule has 1 aliphatic rings. The third-order valence-corrected chi connectivity index (χ3v) is 5.70. The van der Waals surface area contributed by atoms with Gasteiger partial charge in [0.05, 0.1) is 10.7 Å². The van der Waals surface area contributed by atoms with E-state index in [1.165, 1.54) is 6.08 Å². The lowest BCUT2D eigenvalue weighted by molar-refractivity contribution is -0.137. The van der Waals surface area contributed by atoms with Gasteiger partial charge in [-0.05, 0) is 38.2 Å². The standard InChI is InChI=1S/C24H33ClN2O7/c1-3-4-6-9-17(28)14-33-24(32)22-18(23(25)20(30)13-19(22)29)12-16(2)26-34-15-21(31)27-10-7-5-8-11-27/h6,9,13,17,28-30H,3-5,7-8,10-12,14-15H2,1-2H3/b9-6+,26-16+. The Labute approximate surface area is 204 Å². The first-order valence-electron chi connectivity index (χ1n) is 11.4. The number of aliphatic hydroxyl groups is 1. The van der Waals surface area contributed by atoms with Crippen molar-refractivity contribution in [2.45, 2.75) is 58.5 Å². The summed E-state index contributed by atoms with van der Waals surface area (Å²) in [5.41, 5.74) is 0.203. The highest BCUT2D eigenvalue weighted by Gasteiger charge is 2.25. The first kappa shape index (κ1) is 27.5. The van der Waals surface area contributed by atoms with Crippen molar-refractivity contribution in [3.05, 3.63) is 34.4 Å². The number of carbonyl (C=O) groups is 2. The number of aliphatic hydroxyl groups excluding tert-OH is 1. The molecule has 0 spiro atoms. The van der Waals surface area contributed by atoms with E-state index in [1.807, 2.05) is 6.92 Å². The molecule has 0 bridgehead atoms. The number of esters is 1. The Kier molecular flexibility index (Phi) is 11.2. The highest BCUT2D eigenvalue weighted by atomic mass is 35.5. The molecule has 188 valence electrons. The van der Waals surface area contributed by atoms with Crippen molar-refractivity contribution in [1.29, 1.82) is 0 Å². The van der Waals surface area contributed by atoms with Gasteiger partial charge >= 0.3 is 5.97 Å². The van der Waals surface area contributed by atoms with Crippen LogP contribution in [0.3, 0.4) is 0 Å². The van der Waals surface area contributed by atoms with E-state index in [0.29, 0.717) is 18.8 Å². The summed E-state index contributed by atoms with van der Waals surface area (Å²) in [7, 11) is 0. The van der Waals surface area contributed by atoms with Crippen molar-refractivity contribution < 1.29 is 34.5 Å². The maximum atomic E-state index is 12.7. The Morgan fingerprint density at radius 3 is 2.62 bits per heavy atom. The molecule has 1 aromatic rings. The lowest BCUT2D eigenvalue weighted by Gasteiger charge is -2.26. The fourth-order valence-corrected chi connectivity index (χ4v) is 3.72. The number of aromatic hydroxyl groups is 2. The molecule has 3 N–H and O–H groups in total. The molecular formula is C24H33ClN2O7. The number of carbonyl (C=O) groups excluding carboxylic acids is 2. The highest BCUT2D eigenvalue weighted by Crippen LogP contribution is 2.37. The van der Waals surface area contributed by atoms with E-state index < -0.39 is 23.6 Å². The summed E-state index contributed by atoms with van der Waals surface area (Å²) >= 11 is 6.21. The van der Waals surface area contributed by atoms with Crippen LogP contribution in [0.4, 0.5) is 0 Å². The van der Waals surface area contributed by atoms with E-state index in [4.69, 9.17) is 21.2 Å². The Morgan fingerprint density at radius 2 is 1.94 bits per heavy atom. The number of halogens is 1. The van der Waals surface area contributed by atoms with Crippen LogP contribution in [-0.2, 0) is 20.8 Å². The van der Waals surface area contributed by atoms with E-state index in [-0.39, 0.29) is 41.7 Å². The van der Waals surface area contributed by atoms with Crippen LogP contribution in [0.25, 0.3) is 0 Å². The minimum absolute atomic E-state index is 0.0535. The van der Waals surface area contributed by atoms with E-state index in [2.05, 4.69) is 5.16 Å². The maximum absolute atomic E-state index is 12.7. The van der Waals surface area contributed by atoms with E-state index in [9.17, 15) is 24.9 Å². The SMILES string of the molecule is CCC/C=C/C(O)COC(=O)c1c(O)cc(O)c(Cl)c1C/C(C)=N/OCC(=O)N1CCCCC1. The molecule has 0 saturated carbocycles. The largest absolute Gasteiger partial charge is 0.507 e. The molecule has 1 unspecified atom stereocenters. The van der Waals surface area contributed by atoms with E-state index in [1.54, 1.807) is 17.9 Å². The fraction of sp³-hybridized carbons (Fsp3) is 0.542. The molecule has 9 nitrogen and oxygen atoms in total. The minimum atomic E-state index is -0.997. The van der Waals surface area contributed by atoms with Crippen molar-refractivity contribution in [3.8, 4) is 11.5 Å². The van der Waals surface area contributed by atoms with Crippen LogP contribution in [0.2, 0.25) is 5.02 Å². The van der Waals surface area contributed by atoms with Gasteiger partial charge in [0.25, 0.3) is 5.91 Å². The number of allylic oxidation sites excluding steroid dienone is 1. The van der Waals surface area contributed by atoms with Crippen LogP contribution in [-0.4, -0.2) is 70.2 Å². The average molecular weight is 497 g/mol. The molecule has 1 amide bonds. The van der Waals surface area contributed by atoms with Crippen molar-refractivity contribution in [1.82, 2.24) is 4.90 Å². The van der Waals surface area contributed by atoms with E-state index >= 15 is 0 Å². The summed E-state index contributed by atoms with van der Waals surface area (Å²) in [5.74, 6) is -2.00. The Bertz CT molecular complexity index is 911. The number of ether oxygens (including phenoxy) is 1. The van der Waals surface area contributed by atoms with Gasteiger partial charge in [0.2, 0.25) is 0 Å². The number of rotatable bonds is 11. The number of hydrogen-bond acceptors (Lipinski definition) is 8. The van der Waals surface area contributed by atoms with Crippen LogP contribution in [0, 0.1) is 0 Å². The lowest BCUT2D eigenvalue weighted by atomic mass is 10.0. The van der Waals surface area contributed by atoms with Gasteiger partial charge in [-0.25, -0.2) is 4.79 Å². The van der Waals surface area contributed by atoms with Crippen LogP contribution in [0.15, 0.2) is 23.4 Å². The minimum Gasteiger partial charge on any atom is -0.507 e. The Morgan fingerprint density at radius 1 is 1.24 bits per heavy atom.